The highest BCUT2D eigenvalue weighted by atomic mass is 16.3. The normalized spacial score (nSPS) is 24.8. The van der Waals surface area contributed by atoms with Gasteiger partial charge in [-0.3, -0.25) is 4.98 Å². The third kappa shape index (κ3) is 1.75. The molecule has 2 aromatic heterocycles. The number of pyridine rings is 1. The maximum Gasteiger partial charge on any atom is 0.0956 e. The molecule has 1 unspecified atom stereocenters. The van der Waals surface area contributed by atoms with Crippen LogP contribution in [0.1, 0.15) is 35.4 Å². The van der Waals surface area contributed by atoms with Crippen LogP contribution in [-0.4, -0.2) is 19.6 Å². The average molecular weight is 303 g/mol. The Balaban J connectivity index is 1.64. The molecule has 5 rings (SSSR count). The number of rotatable bonds is 1. The lowest BCUT2D eigenvalue weighted by Gasteiger charge is -2.34. The van der Waals surface area contributed by atoms with Crippen LogP contribution in [0.25, 0.3) is 11.3 Å². The molecule has 0 bridgehead atoms. The number of aromatic nitrogens is 3. The van der Waals surface area contributed by atoms with E-state index in [-0.39, 0.29) is 12.0 Å². The molecule has 0 amide bonds. The molecule has 0 saturated heterocycles. The summed E-state index contributed by atoms with van der Waals surface area (Å²) in [6.45, 7) is 0. The second-order valence-electron chi connectivity index (χ2n) is 6.40. The van der Waals surface area contributed by atoms with E-state index in [9.17, 15) is 5.11 Å². The summed E-state index contributed by atoms with van der Waals surface area (Å²) in [5, 5.41) is 11.0. The molecular weight excluding hydrogens is 286 g/mol. The zero-order chi connectivity index (χ0) is 15.4. The molecule has 1 N–H and O–H groups in total. The Morgan fingerprint density at radius 3 is 2.91 bits per heavy atom. The van der Waals surface area contributed by atoms with Crippen molar-refractivity contribution in [2.75, 3.05) is 0 Å². The Kier molecular flexibility index (Phi) is 2.70. The monoisotopic (exact) mass is 303 g/mol. The summed E-state index contributed by atoms with van der Waals surface area (Å²) in [4.78, 5) is 8.76. The van der Waals surface area contributed by atoms with E-state index in [0.717, 1.165) is 29.8 Å². The van der Waals surface area contributed by atoms with Gasteiger partial charge in [0.1, 0.15) is 0 Å². The fourth-order valence-electron chi connectivity index (χ4n) is 4.26. The molecule has 1 aromatic carbocycles. The van der Waals surface area contributed by atoms with Crippen molar-refractivity contribution in [3.8, 4) is 11.3 Å². The highest BCUT2D eigenvalue weighted by Gasteiger charge is 2.40. The number of aliphatic hydroxyl groups excluding tert-OH is 1. The van der Waals surface area contributed by atoms with E-state index in [0.29, 0.717) is 0 Å². The average Bonchev–Trinajstić information content (AvgIpc) is 3.17. The van der Waals surface area contributed by atoms with E-state index in [2.05, 4.69) is 38.8 Å². The summed E-state index contributed by atoms with van der Waals surface area (Å²) in [7, 11) is 0. The highest BCUT2D eigenvalue weighted by molar-refractivity contribution is 5.69. The Labute approximate surface area is 134 Å². The molecule has 0 radical (unpaired) electrons. The van der Waals surface area contributed by atoms with Crippen molar-refractivity contribution < 1.29 is 5.11 Å². The van der Waals surface area contributed by atoms with Crippen LogP contribution in [0.15, 0.2) is 55.1 Å². The molecule has 0 spiro atoms. The molecule has 1 aliphatic heterocycles. The first-order valence-electron chi connectivity index (χ1n) is 8.07. The first kappa shape index (κ1) is 13.0. The minimum absolute atomic E-state index is 0.142. The van der Waals surface area contributed by atoms with Crippen LogP contribution in [-0.2, 0) is 6.42 Å². The summed E-state index contributed by atoms with van der Waals surface area (Å²) in [5.74, 6) is 0.142. The minimum Gasteiger partial charge on any atom is -0.388 e. The first-order valence-corrected chi connectivity index (χ1v) is 8.07. The number of hydrogen-bond acceptors (Lipinski definition) is 3. The Morgan fingerprint density at radius 1 is 1.09 bits per heavy atom. The van der Waals surface area contributed by atoms with E-state index in [1.165, 1.54) is 11.1 Å². The molecule has 3 heterocycles. The fraction of sp³-hybridized carbons (Fsp3) is 0.263. The van der Waals surface area contributed by atoms with Crippen LogP contribution in [0, 0.1) is 5.92 Å². The number of aryl methyl sites for hydroxylation is 1. The van der Waals surface area contributed by atoms with Gasteiger partial charge in [-0.2, -0.15) is 0 Å². The van der Waals surface area contributed by atoms with Gasteiger partial charge in [-0.25, -0.2) is 4.98 Å². The molecule has 3 atom stereocenters. The lowest BCUT2D eigenvalue weighted by Crippen LogP contribution is -2.29. The molecule has 0 saturated carbocycles. The Morgan fingerprint density at radius 2 is 1.96 bits per heavy atom. The molecule has 114 valence electrons. The van der Waals surface area contributed by atoms with Gasteiger partial charge in [0.25, 0.3) is 0 Å². The molecule has 0 fully saturated rings. The predicted octanol–water partition coefficient (Wildman–Crippen LogP) is 3.14. The Bertz CT molecular complexity index is 886. The number of benzene rings is 1. The van der Waals surface area contributed by atoms with Crippen LogP contribution in [0.2, 0.25) is 0 Å². The summed E-state index contributed by atoms with van der Waals surface area (Å²) < 4.78 is 2.22. The fourth-order valence-corrected chi connectivity index (χ4v) is 4.26. The van der Waals surface area contributed by atoms with Crippen LogP contribution in [0.3, 0.4) is 0 Å². The molecule has 23 heavy (non-hydrogen) atoms. The van der Waals surface area contributed by atoms with Crippen LogP contribution in [0.4, 0.5) is 0 Å². The molecule has 4 nitrogen and oxygen atoms in total. The van der Waals surface area contributed by atoms with Gasteiger partial charge in [0.2, 0.25) is 0 Å². The van der Waals surface area contributed by atoms with Crippen molar-refractivity contribution in [1.82, 2.24) is 14.5 Å². The maximum atomic E-state index is 11.0. The Hall–Kier alpha value is -2.46. The maximum absolute atomic E-state index is 11.0. The third-order valence-corrected chi connectivity index (χ3v) is 5.29. The molecule has 1 aliphatic carbocycles. The van der Waals surface area contributed by atoms with E-state index < -0.39 is 6.10 Å². The third-order valence-electron chi connectivity index (χ3n) is 5.29. The number of nitrogens with zero attached hydrogens (tertiary/aromatic N) is 3. The van der Waals surface area contributed by atoms with Gasteiger partial charge >= 0.3 is 0 Å². The topological polar surface area (TPSA) is 50.9 Å². The van der Waals surface area contributed by atoms with Crippen molar-refractivity contribution in [1.29, 1.82) is 0 Å². The van der Waals surface area contributed by atoms with Crippen molar-refractivity contribution >= 4 is 0 Å². The van der Waals surface area contributed by atoms with Crippen molar-refractivity contribution in [2.24, 2.45) is 5.92 Å². The van der Waals surface area contributed by atoms with Gasteiger partial charge in [-0.1, -0.05) is 30.3 Å². The second kappa shape index (κ2) is 4.77. The van der Waals surface area contributed by atoms with Crippen molar-refractivity contribution in [2.45, 2.75) is 25.0 Å². The van der Waals surface area contributed by atoms with Crippen molar-refractivity contribution in [3.05, 3.63) is 71.9 Å². The smallest absolute Gasteiger partial charge is 0.0956 e. The zero-order valence-corrected chi connectivity index (χ0v) is 12.6. The summed E-state index contributed by atoms with van der Waals surface area (Å²) in [6, 6.07) is 12.5. The number of hydrogen-bond donors (Lipinski definition) is 1. The quantitative estimate of drug-likeness (QED) is 0.751. The van der Waals surface area contributed by atoms with Gasteiger partial charge in [0, 0.05) is 28.9 Å². The predicted molar refractivity (Wildman–Crippen MR) is 86.8 cm³/mol. The number of fused-ring (bicyclic) bond motifs is 4. The lowest BCUT2D eigenvalue weighted by molar-refractivity contribution is 0.0710. The van der Waals surface area contributed by atoms with E-state index in [1.807, 2.05) is 30.9 Å². The summed E-state index contributed by atoms with van der Waals surface area (Å²) in [5.41, 5.74) is 5.69. The van der Waals surface area contributed by atoms with Crippen LogP contribution < -0.4 is 0 Å². The lowest BCUT2D eigenvalue weighted by atomic mass is 9.77. The molecule has 4 heteroatoms. The van der Waals surface area contributed by atoms with Gasteiger partial charge in [0.05, 0.1) is 30.4 Å². The van der Waals surface area contributed by atoms with Gasteiger partial charge in [-0.15, -0.1) is 0 Å². The zero-order valence-electron chi connectivity index (χ0n) is 12.6. The largest absolute Gasteiger partial charge is 0.388 e. The van der Waals surface area contributed by atoms with Crippen molar-refractivity contribution in [3.63, 3.8) is 0 Å². The standard InChI is InChI=1S/C19H17N3O/c23-19-14-6-3-9-21-16(14)8-7-15(19)18-13-5-2-1-4-12(13)17-10-20-11-22(17)18/h1-6,9-11,15,18-19,23H,7-8H2/t15-,18?,19-/m1/s1. The van der Waals surface area contributed by atoms with Crippen LogP contribution >= 0.6 is 0 Å². The summed E-state index contributed by atoms with van der Waals surface area (Å²) in [6.07, 6.45) is 6.99. The minimum atomic E-state index is -0.487. The SMILES string of the molecule is O[C@@H]1c2cccnc2CC[C@@H]1C1c2ccccc2-c2cncn21. The van der Waals surface area contributed by atoms with Crippen LogP contribution in [0.5, 0.6) is 0 Å². The first-order chi connectivity index (χ1) is 11.3. The number of imidazole rings is 1. The van der Waals surface area contributed by atoms with Gasteiger partial charge in [-0.05, 0) is 24.5 Å². The summed E-state index contributed by atoms with van der Waals surface area (Å²) >= 11 is 0. The number of aliphatic hydroxyl groups is 1. The van der Waals surface area contributed by atoms with E-state index in [1.54, 1.807) is 0 Å². The van der Waals surface area contributed by atoms with Gasteiger partial charge in [0.15, 0.2) is 0 Å². The van der Waals surface area contributed by atoms with E-state index in [4.69, 9.17) is 0 Å². The molecule has 3 aromatic rings. The van der Waals surface area contributed by atoms with Gasteiger partial charge < -0.3 is 9.67 Å². The molecule has 2 aliphatic rings. The highest BCUT2D eigenvalue weighted by Crippen LogP contribution is 2.49. The second-order valence-corrected chi connectivity index (χ2v) is 6.40. The van der Waals surface area contributed by atoms with E-state index >= 15 is 0 Å². The molecular formula is C19H17N3O.